The monoisotopic (exact) mass is 314 g/mol. The molecule has 0 aliphatic rings. The van der Waals surface area contributed by atoms with E-state index in [1.807, 2.05) is 0 Å². The molecule has 0 saturated carbocycles. The molecule has 6 heteroatoms. The van der Waals surface area contributed by atoms with Gasteiger partial charge in [-0.25, -0.2) is 0 Å². The molecule has 0 aliphatic heterocycles. The van der Waals surface area contributed by atoms with Gasteiger partial charge in [0, 0.05) is 24.1 Å². The van der Waals surface area contributed by atoms with Gasteiger partial charge in [-0.1, -0.05) is 12.1 Å². The maximum absolute atomic E-state index is 13.2. The van der Waals surface area contributed by atoms with E-state index in [0.717, 1.165) is 0 Å². The highest BCUT2D eigenvalue weighted by atomic mass is 31.2. The molecule has 0 N–H and O–H groups in total. The topological polar surface area (TPSA) is 61.8 Å². The highest BCUT2D eigenvalue weighted by Gasteiger charge is 2.37. The van der Waals surface area contributed by atoms with E-state index in [-0.39, 0.29) is 12.4 Å². The van der Waals surface area contributed by atoms with Crippen LogP contribution in [0.15, 0.2) is 24.3 Å². The number of rotatable bonds is 9. The van der Waals surface area contributed by atoms with Crippen molar-refractivity contribution in [3.05, 3.63) is 29.8 Å². The van der Waals surface area contributed by atoms with Crippen LogP contribution in [0.5, 0.6) is 0 Å². The number of carbonyl (C=O) groups excluding carboxylic acids is 1. The van der Waals surface area contributed by atoms with E-state index in [4.69, 9.17) is 14.0 Å². The van der Waals surface area contributed by atoms with Crippen LogP contribution in [-0.2, 0) is 18.6 Å². The minimum atomic E-state index is -3.32. The molecule has 1 aromatic carbocycles. The molecule has 118 valence electrons. The van der Waals surface area contributed by atoms with Crippen molar-refractivity contribution < 1.29 is 23.4 Å². The molecule has 1 aromatic rings. The summed E-state index contributed by atoms with van der Waals surface area (Å²) in [7, 11) is -3.32. The standard InChI is InChI=1S/C15H23O5P/c1-5-18-15(19-6-2)21(17,20-7-3)14-10-8-13(9-11-14)12(4)16/h8-11,15H,5-7H2,1-4H3. The van der Waals surface area contributed by atoms with Crippen molar-refractivity contribution >= 4 is 18.5 Å². The van der Waals surface area contributed by atoms with Crippen LogP contribution in [0.3, 0.4) is 0 Å². The van der Waals surface area contributed by atoms with Crippen LogP contribution in [0.2, 0.25) is 0 Å². The van der Waals surface area contributed by atoms with Crippen LogP contribution < -0.4 is 5.30 Å². The van der Waals surface area contributed by atoms with Gasteiger partial charge < -0.3 is 14.0 Å². The zero-order valence-corrected chi connectivity index (χ0v) is 13.9. The predicted octanol–water partition coefficient (Wildman–Crippen LogP) is 3.19. The van der Waals surface area contributed by atoms with Crippen molar-refractivity contribution in [1.82, 2.24) is 0 Å². The van der Waals surface area contributed by atoms with Crippen molar-refractivity contribution in [2.75, 3.05) is 19.8 Å². The van der Waals surface area contributed by atoms with Crippen LogP contribution >= 0.6 is 7.37 Å². The Kier molecular flexibility index (Phi) is 7.26. The molecular weight excluding hydrogens is 291 g/mol. The lowest BCUT2D eigenvalue weighted by atomic mass is 10.2. The lowest BCUT2D eigenvalue weighted by Gasteiger charge is -2.26. The summed E-state index contributed by atoms with van der Waals surface area (Å²) in [6.45, 7) is 7.89. The summed E-state index contributed by atoms with van der Waals surface area (Å²) in [5.74, 6) is -0.0426. The van der Waals surface area contributed by atoms with Crippen molar-refractivity contribution in [2.45, 2.75) is 33.7 Å². The summed E-state index contributed by atoms with van der Waals surface area (Å²) in [5.41, 5.74) is 0.561. The van der Waals surface area contributed by atoms with E-state index in [0.29, 0.717) is 24.1 Å². The minimum Gasteiger partial charge on any atom is -0.344 e. The highest BCUT2D eigenvalue weighted by molar-refractivity contribution is 7.67. The molecule has 0 aliphatic carbocycles. The fourth-order valence-electron chi connectivity index (χ4n) is 1.88. The van der Waals surface area contributed by atoms with Gasteiger partial charge in [0.1, 0.15) is 0 Å². The number of benzene rings is 1. The van der Waals surface area contributed by atoms with Gasteiger partial charge in [-0.05, 0) is 39.8 Å². The first-order valence-electron chi connectivity index (χ1n) is 7.08. The summed E-state index contributed by atoms with van der Waals surface area (Å²) in [5, 5.41) is 0.487. The highest BCUT2D eigenvalue weighted by Crippen LogP contribution is 2.51. The molecule has 0 fully saturated rings. The molecule has 0 heterocycles. The third kappa shape index (κ3) is 4.48. The van der Waals surface area contributed by atoms with Gasteiger partial charge in [0.05, 0.1) is 6.61 Å². The summed E-state index contributed by atoms with van der Waals surface area (Å²) in [4.78, 5) is 11.3. The number of ether oxygens (including phenoxy) is 2. The Hall–Kier alpha value is -1.00. The molecule has 0 saturated heterocycles. The van der Waals surface area contributed by atoms with E-state index in [9.17, 15) is 9.36 Å². The normalized spacial score (nSPS) is 14.1. The summed E-state index contributed by atoms with van der Waals surface area (Å²) in [6.07, 6.45) is 0. The summed E-state index contributed by atoms with van der Waals surface area (Å²) < 4.78 is 29.6. The Labute approximate surface area is 126 Å². The van der Waals surface area contributed by atoms with Crippen LogP contribution in [0.25, 0.3) is 0 Å². The van der Waals surface area contributed by atoms with E-state index >= 15 is 0 Å². The van der Waals surface area contributed by atoms with Crippen LogP contribution in [-0.4, -0.2) is 31.6 Å². The Balaban J connectivity index is 3.18. The Morgan fingerprint density at radius 1 is 1.05 bits per heavy atom. The second-order valence-electron chi connectivity index (χ2n) is 4.34. The van der Waals surface area contributed by atoms with Crippen molar-refractivity contribution in [1.29, 1.82) is 0 Å². The van der Waals surface area contributed by atoms with Crippen molar-refractivity contribution in [2.24, 2.45) is 0 Å². The molecule has 1 atom stereocenters. The quantitative estimate of drug-likeness (QED) is 0.398. The average molecular weight is 314 g/mol. The lowest BCUT2D eigenvalue weighted by molar-refractivity contribution is -0.0875. The number of hydrogen-bond donors (Lipinski definition) is 0. The fraction of sp³-hybridized carbons (Fsp3) is 0.533. The predicted molar refractivity (Wildman–Crippen MR) is 82.4 cm³/mol. The molecule has 21 heavy (non-hydrogen) atoms. The molecule has 0 amide bonds. The van der Waals surface area contributed by atoms with Gasteiger partial charge in [0.25, 0.3) is 7.37 Å². The lowest BCUT2D eigenvalue weighted by Crippen LogP contribution is -2.25. The fourth-order valence-corrected chi connectivity index (χ4v) is 4.04. The number of ketones is 1. The zero-order chi connectivity index (χ0) is 15.9. The maximum Gasteiger partial charge on any atom is 0.286 e. The summed E-state index contributed by atoms with van der Waals surface area (Å²) >= 11 is 0. The maximum atomic E-state index is 13.2. The number of hydrogen-bond acceptors (Lipinski definition) is 5. The van der Waals surface area contributed by atoms with E-state index in [1.54, 1.807) is 45.0 Å². The van der Waals surface area contributed by atoms with Gasteiger partial charge in [-0.2, -0.15) is 0 Å². The van der Waals surface area contributed by atoms with Gasteiger partial charge in [0.15, 0.2) is 5.78 Å². The van der Waals surface area contributed by atoms with Crippen molar-refractivity contribution in [3.8, 4) is 0 Å². The molecule has 0 radical (unpaired) electrons. The second kappa shape index (κ2) is 8.44. The smallest absolute Gasteiger partial charge is 0.286 e. The first-order valence-corrected chi connectivity index (χ1v) is 8.78. The molecular formula is C15H23O5P. The van der Waals surface area contributed by atoms with E-state index < -0.39 is 13.4 Å². The van der Waals surface area contributed by atoms with Gasteiger partial charge >= 0.3 is 0 Å². The molecule has 0 aromatic heterocycles. The first-order chi connectivity index (χ1) is 9.99. The molecule has 0 bridgehead atoms. The van der Waals surface area contributed by atoms with Crippen molar-refractivity contribution in [3.63, 3.8) is 0 Å². The Morgan fingerprint density at radius 2 is 1.57 bits per heavy atom. The minimum absolute atomic E-state index is 0.0426. The molecule has 1 rings (SSSR count). The average Bonchev–Trinajstić information content (AvgIpc) is 2.47. The van der Waals surface area contributed by atoms with Gasteiger partial charge in [0.2, 0.25) is 6.03 Å². The Morgan fingerprint density at radius 3 is 1.95 bits per heavy atom. The van der Waals surface area contributed by atoms with Crippen LogP contribution in [0.1, 0.15) is 38.1 Å². The Bertz CT molecular complexity index is 491. The molecule has 1 unspecified atom stereocenters. The molecule has 0 spiro atoms. The SMILES string of the molecule is CCOC(OCC)P(=O)(OCC)c1ccc(C(C)=O)cc1. The van der Waals surface area contributed by atoms with Crippen LogP contribution in [0.4, 0.5) is 0 Å². The van der Waals surface area contributed by atoms with E-state index in [1.165, 1.54) is 6.92 Å². The van der Waals surface area contributed by atoms with Gasteiger partial charge in [-0.3, -0.25) is 9.36 Å². The third-order valence-electron chi connectivity index (χ3n) is 2.85. The van der Waals surface area contributed by atoms with Crippen LogP contribution in [0, 0.1) is 0 Å². The summed E-state index contributed by atoms with van der Waals surface area (Å²) in [6, 6.07) is 5.61. The zero-order valence-electron chi connectivity index (χ0n) is 13.0. The molecule has 5 nitrogen and oxygen atoms in total. The van der Waals surface area contributed by atoms with E-state index in [2.05, 4.69) is 0 Å². The number of Topliss-reactive ketones (excluding diaryl/α,β-unsaturated/α-hetero) is 1. The second-order valence-corrected chi connectivity index (χ2v) is 6.73. The largest absolute Gasteiger partial charge is 0.344 e. The van der Waals surface area contributed by atoms with Gasteiger partial charge in [-0.15, -0.1) is 0 Å². The third-order valence-corrected chi connectivity index (χ3v) is 5.36. The first kappa shape index (κ1) is 18.1. The number of carbonyl (C=O) groups is 1.